The Labute approximate surface area is 211 Å². The largest absolute Gasteiger partial charge is 0.388 e. The van der Waals surface area contributed by atoms with E-state index in [0.29, 0.717) is 17.9 Å². The molecule has 36 heavy (non-hydrogen) atoms. The lowest BCUT2D eigenvalue weighted by Gasteiger charge is -2.20. The number of aliphatic hydroxyl groups is 2. The van der Waals surface area contributed by atoms with Crippen molar-refractivity contribution in [2.75, 3.05) is 24.0 Å². The van der Waals surface area contributed by atoms with E-state index in [9.17, 15) is 24.2 Å². The fraction of sp³-hybridized carbons (Fsp3) is 0.450. The first kappa shape index (κ1) is 27.1. The maximum absolute atomic E-state index is 12.1. The first-order valence-corrected chi connectivity index (χ1v) is 15.1. The van der Waals surface area contributed by atoms with Gasteiger partial charge in [0.2, 0.25) is 12.7 Å². The first-order chi connectivity index (χ1) is 16.8. The molecule has 0 amide bonds. The molecule has 3 heterocycles. The quantitative estimate of drug-likeness (QED) is 0.187. The van der Waals surface area contributed by atoms with Gasteiger partial charge in [0, 0.05) is 19.8 Å². The lowest BCUT2D eigenvalue weighted by Crippen LogP contribution is -2.32. The van der Waals surface area contributed by atoms with Crippen LogP contribution < -0.4 is 4.90 Å². The maximum Gasteiger partial charge on any atom is 0.335 e. The van der Waals surface area contributed by atoms with Gasteiger partial charge < -0.3 is 34.5 Å². The average molecular weight is 562 g/mol. The molecular formula is C20H26ClN5O8P2. The molecule has 0 bridgehead atoms. The van der Waals surface area contributed by atoms with Crippen LogP contribution in [-0.4, -0.2) is 81.8 Å². The minimum Gasteiger partial charge on any atom is -0.388 e. The third-order valence-electron chi connectivity index (χ3n) is 5.78. The Morgan fingerprint density at radius 3 is 2.47 bits per heavy atom. The summed E-state index contributed by atoms with van der Waals surface area (Å²) in [6.07, 6.45) is -4.44. The number of hydrogen-bond acceptors (Lipinski definition) is 9. The molecule has 4 rings (SSSR count). The van der Waals surface area contributed by atoms with Gasteiger partial charge in [-0.2, -0.15) is 9.97 Å². The zero-order valence-electron chi connectivity index (χ0n) is 19.1. The minimum absolute atomic E-state index is 0.0672. The molecule has 0 spiro atoms. The molecule has 2 aromatic heterocycles. The number of anilines is 1. The lowest BCUT2D eigenvalue weighted by molar-refractivity contribution is -0.0354. The fourth-order valence-corrected chi connectivity index (χ4v) is 7.83. The highest BCUT2D eigenvalue weighted by atomic mass is 35.5. The molecule has 3 aromatic rings. The van der Waals surface area contributed by atoms with Crippen LogP contribution in [0.25, 0.3) is 11.2 Å². The van der Waals surface area contributed by atoms with Crippen LogP contribution in [0.1, 0.15) is 18.2 Å². The van der Waals surface area contributed by atoms with Crippen molar-refractivity contribution in [1.82, 2.24) is 19.5 Å². The number of aromatic nitrogens is 4. The van der Waals surface area contributed by atoms with E-state index in [2.05, 4.69) is 15.0 Å². The number of aliphatic hydroxyl groups excluding tert-OH is 2. The van der Waals surface area contributed by atoms with Crippen molar-refractivity contribution in [2.45, 2.75) is 37.5 Å². The van der Waals surface area contributed by atoms with Crippen molar-refractivity contribution in [3.8, 4) is 0 Å². The highest BCUT2D eigenvalue weighted by molar-refractivity contribution is 7.72. The van der Waals surface area contributed by atoms with Crippen molar-refractivity contribution in [3.63, 3.8) is 0 Å². The Hall–Kier alpha value is -1.92. The van der Waals surface area contributed by atoms with Gasteiger partial charge >= 0.3 is 7.60 Å². The second kappa shape index (κ2) is 10.4. The summed E-state index contributed by atoms with van der Waals surface area (Å²) in [6, 6.07) is 9.68. The molecule has 196 valence electrons. The van der Waals surface area contributed by atoms with E-state index < -0.39 is 51.6 Å². The number of nitrogens with zero attached hydrogens (tertiary/aromatic N) is 5. The van der Waals surface area contributed by atoms with Gasteiger partial charge in [0.1, 0.15) is 18.1 Å². The summed E-state index contributed by atoms with van der Waals surface area (Å²) in [4.78, 5) is 42.6. The van der Waals surface area contributed by atoms with Crippen molar-refractivity contribution in [3.05, 3.63) is 47.5 Å². The topological polar surface area (TPSA) is 191 Å². The number of rotatable bonds is 9. The Morgan fingerprint density at radius 2 is 1.81 bits per heavy atom. The molecule has 5 unspecified atom stereocenters. The normalized spacial score (nSPS) is 24.2. The summed E-state index contributed by atoms with van der Waals surface area (Å²) in [6.45, 7) is 0.509. The summed E-state index contributed by atoms with van der Waals surface area (Å²) >= 11 is 6.19. The first-order valence-electron chi connectivity index (χ1n) is 10.9. The predicted octanol–water partition coefficient (Wildman–Crippen LogP) is 1.53. The van der Waals surface area contributed by atoms with E-state index in [1.54, 1.807) is 0 Å². The van der Waals surface area contributed by atoms with Gasteiger partial charge in [0.25, 0.3) is 0 Å². The average Bonchev–Trinajstić information content (AvgIpc) is 3.31. The van der Waals surface area contributed by atoms with Crippen LogP contribution in [0.2, 0.25) is 5.28 Å². The molecule has 0 aliphatic carbocycles. The molecule has 0 saturated carbocycles. The molecule has 16 heteroatoms. The second-order valence-corrected chi connectivity index (χ2v) is 13.6. The van der Waals surface area contributed by atoms with Crippen LogP contribution in [0.4, 0.5) is 5.82 Å². The van der Waals surface area contributed by atoms with Gasteiger partial charge in [-0.3, -0.25) is 13.7 Å². The van der Waals surface area contributed by atoms with Crippen LogP contribution in [0.3, 0.4) is 0 Å². The lowest BCUT2D eigenvalue weighted by atomic mass is 10.1. The number of halogens is 1. The van der Waals surface area contributed by atoms with Crippen molar-refractivity contribution in [2.24, 2.45) is 0 Å². The standard InChI is InChI=1S/C20H26ClN5O8P2/c1-25(9-12-5-3-2-4-6-12)17-14-18(24-20(21)23-17)26(10-22-14)19-16(28)15(27)13(34-19)7-8-35(29,30)11-36(31,32)33/h2-6,10,13,15-16,19,27-28H,7-9,11H2,1H3,(H,29,30)(H2,31,32,33). The summed E-state index contributed by atoms with van der Waals surface area (Å²) < 4.78 is 30.4. The highest BCUT2D eigenvalue weighted by Gasteiger charge is 2.45. The van der Waals surface area contributed by atoms with E-state index in [1.807, 2.05) is 42.3 Å². The number of ether oxygens (including phenoxy) is 1. The van der Waals surface area contributed by atoms with Crippen LogP contribution in [0, 0.1) is 0 Å². The fourth-order valence-electron chi connectivity index (χ4n) is 4.15. The smallest absolute Gasteiger partial charge is 0.335 e. The highest BCUT2D eigenvalue weighted by Crippen LogP contribution is 2.55. The third-order valence-corrected chi connectivity index (χ3v) is 10.1. The number of fused-ring (bicyclic) bond motifs is 1. The summed E-state index contributed by atoms with van der Waals surface area (Å²) in [7, 11) is -7.07. The van der Waals surface area contributed by atoms with Crippen molar-refractivity contribution in [1.29, 1.82) is 0 Å². The van der Waals surface area contributed by atoms with Gasteiger partial charge in [-0.25, -0.2) is 4.98 Å². The third kappa shape index (κ3) is 6.13. The Bertz CT molecular complexity index is 1320. The van der Waals surface area contributed by atoms with Crippen LogP contribution in [0.15, 0.2) is 36.7 Å². The van der Waals surface area contributed by atoms with Gasteiger partial charge in [0.15, 0.2) is 23.2 Å². The van der Waals surface area contributed by atoms with Crippen LogP contribution in [-0.2, 0) is 20.4 Å². The molecule has 1 aliphatic heterocycles. The Morgan fingerprint density at radius 1 is 1.11 bits per heavy atom. The summed E-state index contributed by atoms with van der Waals surface area (Å²) in [5, 5.41) is 21.1. The SMILES string of the molecule is CN(Cc1ccccc1)c1nc(Cl)nc2c1ncn2C1OC(CCP(=O)(O)CP(=O)(O)O)C(O)C1O. The number of hydrogen-bond donors (Lipinski definition) is 5. The Balaban J connectivity index is 1.56. The number of imidazole rings is 1. The van der Waals surface area contributed by atoms with Crippen LogP contribution >= 0.6 is 26.6 Å². The van der Waals surface area contributed by atoms with E-state index in [0.717, 1.165) is 5.56 Å². The predicted molar refractivity (Wildman–Crippen MR) is 131 cm³/mol. The van der Waals surface area contributed by atoms with E-state index in [4.69, 9.17) is 26.1 Å². The number of benzene rings is 1. The minimum atomic E-state index is -4.70. The summed E-state index contributed by atoms with van der Waals surface area (Å²) in [5.74, 6) is -0.730. The molecule has 1 saturated heterocycles. The van der Waals surface area contributed by atoms with Gasteiger partial charge in [0.05, 0.1) is 12.4 Å². The van der Waals surface area contributed by atoms with E-state index in [1.165, 1.54) is 10.9 Å². The zero-order chi connectivity index (χ0) is 26.3. The summed E-state index contributed by atoms with van der Waals surface area (Å²) in [5.41, 5.74) is 1.66. The molecular weight excluding hydrogens is 536 g/mol. The van der Waals surface area contributed by atoms with Gasteiger partial charge in [-0.15, -0.1) is 0 Å². The Kier molecular flexibility index (Phi) is 7.87. The van der Waals surface area contributed by atoms with Crippen LogP contribution in [0.5, 0.6) is 0 Å². The van der Waals surface area contributed by atoms with E-state index >= 15 is 0 Å². The second-order valence-electron chi connectivity index (χ2n) is 8.69. The molecule has 0 radical (unpaired) electrons. The molecule has 1 fully saturated rings. The van der Waals surface area contributed by atoms with Gasteiger partial charge in [-0.1, -0.05) is 30.3 Å². The molecule has 13 nitrogen and oxygen atoms in total. The molecule has 5 N–H and O–H groups in total. The van der Waals surface area contributed by atoms with Crippen molar-refractivity contribution >= 4 is 43.5 Å². The monoisotopic (exact) mass is 561 g/mol. The molecule has 1 aliphatic rings. The zero-order valence-corrected chi connectivity index (χ0v) is 21.6. The van der Waals surface area contributed by atoms with Crippen molar-refractivity contribution < 1.29 is 38.8 Å². The molecule has 5 atom stereocenters. The molecule has 1 aromatic carbocycles. The van der Waals surface area contributed by atoms with E-state index in [-0.39, 0.29) is 17.4 Å². The maximum atomic E-state index is 12.1. The van der Waals surface area contributed by atoms with Gasteiger partial charge in [-0.05, 0) is 23.6 Å².